The molecule has 3 aromatic rings. The quantitative estimate of drug-likeness (QED) is 0.496. The minimum atomic E-state index is -0.415. The third-order valence-corrected chi connectivity index (χ3v) is 4.17. The number of hydrogen-bond acceptors (Lipinski definition) is 3. The predicted octanol–water partition coefficient (Wildman–Crippen LogP) is 4.05. The number of aryl methyl sites for hydroxylation is 1. The van der Waals surface area contributed by atoms with Crippen molar-refractivity contribution >= 4 is 17.9 Å². The van der Waals surface area contributed by atoms with Gasteiger partial charge in [-0.25, -0.2) is 0 Å². The Morgan fingerprint density at radius 2 is 1.55 bits per heavy atom. The molecule has 0 aromatic heterocycles. The number of benzene rings is 3. The largest absolute Gasteiger partial charge is 0.489 e. The molecular formula is C24H22N2O3. The van der Waals surface area contributed by atoms with E-state index in [1.807, 2.05) is 61.5 Å². The number of carbonyl (C=O) groups is 2. The first-order valence-electron chi connectivity index (χ1n) is 9.22. The highest BCUT2D eigenvalue weighted by molar-refractivity contribution is 5.97. The molecule has 0 atom stereocenters. The van der Waals surface area contributed by atoms with Gasteiger partial charge in [-0.1, -0.05) is 60.2 Å². The van der Waals surface area contributed by atoms with E-state index in [2.05, 4.69) is 10.9 Å². The molecule has 0 heterocycles. The molecule has 0 aliphatic heterocycles. The molecule has 0 saturated heterocycles. The van der Waals surface area contributed by atoms with Gasteiger partial charge in [-0.15, -0.1) is 0 Å². The molecule has 0 fully saturated rings. The zero-order valence-electron chi connectivity index (χ0n) is 16.1. The monoisotopic (exact) mass is 386 g/mol. The van der Waals surface area contributed by atoms with Crippen LogP contribution in [0, 0.1) is 6.92 Å². The van der Waals surface area contributed by atoms with Gasteiger partial charge in [-0.05, 0) is 48.4 Å². The van der Waals surface area contributed by atoms with E-state index in [1.165, 1.54) is 6.08 Å². The Morgan fingerprint density at radius 1 is 0.862 bits per heavy atom. The van der Waals surface area contributed by atoms with Gasteiger partial charge < -0.3 is 4.74 Å². The van der Waals surface area contributed by atoms with Crippen molar-refractivity contribution in [3.8, 4) is 5.75 Å². The van der Waals surface area contributed by atoms with Crippen molar-refractivity contribution in [2.45, 2.75) is 13.5 Å². The highest BCUT2D eigenvalue weighted by Crippen LogP contribution is 2.14. The van der Waals surface area contributed by atoms with Gasteiger partial charge >= 0.3 is 0 Å². The van der Waals surface area contributed by atoms with Crippen LogP contribution in [-0.4, -0.2) is 11.8 Å². The van der Waals surface area contributed by atoms with Gasteiger partial charge in [0.25, 0.3) is 11.8 Å². The van der Waals surface area contributed by atoms with E-state index in [0.29, 0.717) is 17.9 Å². The number of amides is 2. The summed E-state index contributed by atoms with van der Waals surface area (Å²) in [4.78, 5) is 24.0. The summed E-state index contributed by atoms with van der Waals surface area (Å²) in [5, 5.41) is 0. The lowest BCUT2D eigenvalue weighted by molar-refractivity contribution is -0.117. The van der Waals surface area contributed by atoms with E-state index < -0.39 is 11.8 Å². The van der Waals surface area contributed by atoms with Crippen LogP contribution >= 0.6 is 0 Å². The van der Waals surface area contributed by atoms with Crippen molar-refractivity contribution in [3.63, 3.8) is 0 Å². The lowest BCUT2D eigenvalue weighted by atomic mass is 10.1. The Labute approximate surface area is 170 Å². The van der Waals surface area contributed by atoms with Crippen molar-refractivity contribution in [2.24, 2.45) is 0 Å². The number of nitrogens with one attached hydrogen (secondary N) is 2. The third kappa shape index (κ3) is 6.36. The van der Waals surface area contributed by atoms with Crippen LogP contribution in [0.5, 0.6) is 5.75 Å². The van der Waals surface area contributed by atoms with E-state index in [-0.39, 0.29) is 0 Å². The van der Waals surface area contributed by atoms with Crippen LogP contribution in [-0.2, 0) is 11.4 Å². The molecule has 0 spiro atoms. The molecule has 0 aliphatic carbocycles. The number of hydrazine groups is 1. The normalized spacial score (nSPS) is 10.5. The first-order chi connectivity index (χ1) is 14.1. The smallest absolute Gasteiger partial charge is 0.269 e. The maximum atomic E-state index is 12.2. The molecule has 0 bridgehead atoms. The second-order valence-electron chi connectivity index (χ2n) is 6.49. The summed E-state index contributed by atoms with van der Waals surface area (Å²) in [6.07, 6.45) is 3.05. The number of rotatable bonds is 6. The highest BCUT2D eigenvalue weighted by Gasteiger charge is 2.06. The Hall–Kier alpha value is -3.86. The van der Waals surface area contributed by atoms with Crippen LogP contribution in [0.2, 0.25) is 0 Å². The van der Waals surface area contributed by atoms with E-state index in [9.17, 15) is 9.59 Å². The fourth-order valence-corrected chi connectivity index (χ4v) is 2.53. The molecule has 5 nitrogen and oxygen atoms in total. The van der Waals surface area contributed by atoms with Crippen LogP contribution < -0.4 is 15.6 Å². The summed E-state index contributed by atoms with van der Waals surface area (Å²) in [5.41, 5.74) is 8.29. The van der Waals surface area contributed by atoms with E-state index in [0.717, 1.165) is 16.7 Å². The minimum Gasteiger partial charge on any atom is -0.489 e. The standard InChI is InChI=1S/C24H22N2O3/c1-18-7-9-19(10-8-18)11-16-23(27)25-26-24(28)21-12-14-22(15-13-21)29-17-20-5-3-2-4-6-20/h2-16H,17H2,1H3,(H,25,27)(H,26,28). The average molecular weight is 386 g/mol. The van der Waals surface area contributed by atoms with Crippen LogP contribution in [0.4, 0.5) is 0 Å². The molecule has 146 valence electrons. The number of ether oxygens (including phenoxy) is 1. The molecule has 29 heavy (non-hydrogen) atoms. The fourth-order valence-electron chi connectivity index (χ4n) is 2.53. The molecule has 2 N–H and O–H groups in total. The topological polar surface area (TPSA) is 67.4 Å². The maximum absolute atomic E-state index is 12.2. The number of hydrogen-bond donors (Lipinski definition) is 2. The number of carbonyl (C=O) groups excluding carboxylic acids is 2. The summed E-state index contributed by atoms with van der Waals surface area (Å²) < 4.78 is 5.70. The Kier molecular flexibility index (Phi) is 6.79. The molecule has 0 radical (unpaired) electrons. The Bertz CT molecular complexity index is 979. The third-order valence-electron chi connectivity index (χ3n) is 4.17. The molecule has 3 rings (SSSR count). The van der Waals surface area contributed by atoms with Crippen molar-refractivity contribution in [1.29, 1.82) is 0 Å². The Balaban J connectivity index is 1.46. The summed E-state index contributed by atoms with van der Waals surface area (Å²) in [5.74, 6) is -0.158. The molecule has 0 aliphatic rings. The minimum absolute atomic E-state index is 0.406. The Morgan fingerprint density at radius 3 is 2.24 bits per heavy atom. The van der Waals surface area contributed by atoms with Gasteiger partial charge in [0.15, 0.2) is 0 Å². The van der Waals surface area contributed by atoms with Gasteiger partial charge in [0.05, 0.1) is 0 Å². The molecule has 5 heteroatoms. The molecule has 0 saturated carbocycles. The van der Waals surface area contributed by atoms with Crippen LogP contribution in [0.25, 0.3) is 6.08 Å². The van der Waals surface area contributed by atoms with E-state index in [1.54, 1.807) is 30.3 Å². The van der Waals surface area contributed by atoms with Crippen molar-refractivity contribution in [1.82, 2.24) is 10.9 Å². The van der Waals surface area contributed by atoms with E-state index in [4.69, 9.17) is 4.74 Å². The van der Waals surface area contributed by atoms with Crippen LogP contribution in [0.3, 0.4) is 0 Å². The average Bonchev–Trinajstić information content (AvgIpc) is 2.76. The van der Waals surface area contributed by atoms with Crippen molar-refractivity contribution in [2.75, 3.05) is 0 Å². The molecular weight excluding hydrogens is 364 g/mol. The van der Waals surface area contributed by atoms with Crippen molar-refractivity contribution in [3.05, 3.63) is 107 Å². The zero-order valence-corrected chi connectivity index (χ0v) is 16.1. The second-order valence-corrected chi connectivity index (χ2v) is 6.49. The van der Waals surface area contributed by atoms with Crippen molar-refractivity contribution < 1.29 is 14.3 Å². The van der Waals surface area contributed by atoms with Crippen LogP contribution in [0.1, 0.15) is 27.0 Å². The fraction of sp³-hybridized carbons (Fsp3) is 0.0833. The van der Waals surface area contributed by atoms with Crippen LogP contribution in [0.15, 0.2) is 84.9 Å². The van der Waals surface area contributed by atoms with Gasteiger partial charge in [0.2, 0.25) is 0 Å². The van der Waals surface area contributed by atoms with Gasteiger partial charge in [-0.3, -0.25) is 20.4 Å². The maximum Gasteiger partial charge on any atom is 0.269 e. The molecule has 0 unspecified atom stereocenters. The van der Waals surface area contributed by atoms with Gasteiger partial charge in [-0.2, -0.15) is 0 Å². The molecule has 2 amide bonds. The molecule has 3 aromatic carbocycles. The summed E-state index contributed by atoms with van der Waals surface area (Å²) in [7, 11) is 0. The lowest BCUT2D eigenvalue weighted by Crippen LogP contribution is -2.40. The summed E-state index contributed by atoms with van der Waals surface area (Å²) >= 11 is 0. The first kappa shape index (κ1) is 19.9. The SMILES string of the molecule is Cc1ccc(C=CC(=O)NNC(=O)c2ccc(OCc3ccccc3)cc2)cc1. The van der Waals surface area contributed by atoms with Gasteiger partial charge in [0, 0.05) is 11.6 Å². The second kappa shape index (κ2) is 9.90. The first-order valence-corrected chi connectivity index (χ1v) is 9.22. The summed E-state index contributed by atoms with van der Waals surface area (Å²) in [6.45, 7) is 2.45. The van der Waals surface area contributed by atoms with E-state index >= 15 is 0 Å². The zero-order chi connectivity index (χ0) is 20.5. The predicted molar refractivity (Wildman–Crippen MR) is 113 cm³/mol. The highest BCUT2D eigenvalue weighted by atomic mass is 16.5. The lowest BCUT2D eigenvalue weighted by Gasteiger charge is -2.08. The summed E-state index contributed by atoms with van der Waals surface area (Å²) in [6, 6.07) is 24.3. The van der Waals surface area contributed by atoms with Gasteiger partial charge in [0.1, 0.15) is 12.4 Å².